The average Bonchev–Trinajstić information content (AvgIpc) is 2.76. The number of hydrogen-bond acceptors (Lipinski definition) is 7. The van der Waals surface area contributed by atoms with E-state index in [9.17, 15) is 14.4 Å². The maximum Gasteiger partial charge on any atom is 0.315 e. The van der Waals surface area contributed by atoms with E-state index in [1.165, 1.54) is 0 Å². The molecule has 0 aromatic rings. The zero-order chi connectivity index (χ0) is 27.9. The number of nitrogens with zero attached hydrogens (tertiary/aromatic N) is 1. The van der Waals surface area contributed by atoms with Crippen LogP contribution in [0.1, 0.15) is 75.7 Å². The molecule has 0 aliphatic heterocycles. The quantitative estimate of drug-likeness (QED) is 0.107. The monoisotopic (exact) mass is 549 g/mol. The number of carbonyl (C=O) groups excluding carboxylic acids is 3. The summed E-state index contributed by atoms with van der Waals surface area (Å²) >= 11 is 0. The second-order valence-electron chi connectivity index (χ2n) is 11.0. The van der Waals surface area contributed by atoms with Crippen molar-refractivity contribution < 1.29 is 28.2 Å². The Balaban J connectivity index is 0. The van der Waals surface area contributed by atoms with Gasteiger partial charge in [-0.3, -0.25) is 19.3 Å². The molecule has 2 unspecified atom stereocenters. The van der Waals surface area contributed by atoms with E-state index in [1.54, 1.807) is 0 Å². The van der Waals surface area contributed by atoms with Crippen LogP contribution in [0.2, 0.25) is 0 Å². The minimum Gasteiger partial charge on any atom is -0.465 e. The summed E-state index contributed by atoms with van der Waals surface area (Å²) in [5.41, 5.74) is 0. The minimum atomic E-state index is -2.37. The van der Waals surface area contributed by atoms with Crippen molar-refractivity contribution >= 4 is 31.4 Å². The first-order valence-electron chi connectivity index (χ1n) is 13.1. The Bertz CT molecular complexity index is 712. The van der Waals surface area contributed by atoms with Crippen LogP contribution >= 0.6 is 7.34 Å². The highest BCUT2D eigenvalue weighted by Gasteiger charge is 2.20. The number of hydrogen-bond donors (Lipinski definition) is 2. The minimum absolute atomic E-state index is 0. The van der Waals surface area contributed by atoms with Crippen LogP contribution in [-0.2, 0) is 28.2 Å². The standard InChI is InChI=1S/C26H52N3O6P.CH4/c1-19(2)14-28-24(30)13-25(31)33-16-23(11-12-27-26(32)21(5)6)17-34-36(9,10)35-18-29(22(7)8)15-20(3)4;/h19-23H,9,11-18H2,1-8,10H3,(H,27,32)(H,28,30);1H4. The number of ether oxygens (including phenoxy) is 1. The van der Waals surface area contributed by atoms with E-state index in [4.69, 9.17) is 13.8 Å². The van der Waals surface area contributed by atoms with Gasteiger partial charge in [0.25, 0.3) is 0 Å². The highest BCUT2D eigenvalue weighted by Crippen LogP contribution is 2.44. The fourth-order valence-corrected chi connectivity index (χ4v) is 3.96. The molecule has 0 aromatic carbocycles. The van der Waals surface area contributed by atoms with Gasteiger partial charge in [-0.2, -0.15) is 0 Å². The van der Waals surface area contributed by atoms with E-state index >= 15 is 0 Å². The molecule has 0 heterocycles. The molecule has 2 atom stereocenters. The molecular formula is C27H56N3O6P. The maximum absolute atomic E-state index is 12.2. The highest BCUT2D eigenvalue weighted by atomic mass is 31.2. The number of nitrogens with one attached hydrogen (secondary N) is 2. The second kappa shape index (κ2) is 19.6. The lowest BCUT2D eigenvalue weighted by atomic mass is 10.1. The predicted octanol–water partition coefficient (Wildman–Crippen LogP) is 4.37. The largest absolute Gasteiger partial charge is 0.465 e. The second-order valence-corrected chi connectivity index (χ2v) is 13.5. The average molecular weight is 550 g/mol. The molecule has 10 heteroatoms. The molecule has 0 radical (unpaired) electrons. The van der Waals surface area contributed by atoms with Gasteiger partial charge in [-0.15, -0.1) is 0 Å². The van der Waals surface area contributed by atoms with Gasteiger partial charge in [0.05, 0.1) is 13.2 Å². The number of rotatable bonds is 19. The van der Waals surface area contributed by atoms with Gasteiger partial charge in [-0.25, -0.2) is 0 Å². The van der Waals surface area contributed by atoms with Gasteiger partial charge in [0.1, 0.15) is 20.5 Å². The lowest BCUT2D eigenvalue weighted by Crippen LogP contribution is -2.36. The molecule has 0 rings (SSSR count). The third-order valence-corrected chi connectivity index (χ3v) is 6.64. The summed E-state index contributed by atoms with van der Waals surface area (Å²) in [7, 11) is -2.37. The molecule has 0 aliphatic rings. The number of carbonyl (C=O) groups is 3. The normalized spacial score (nSPS) is 14.0. The third kappa shape index (κ3) is 20.3. The Kier molecular flexibility index (Phi) is 20.0. The van der Waals surface area contributed by atoms with Crippen molar-refractivity contribution in [3.63, 3.8) is 0 Å². The molecule has 0 saturated heterocycles. The number of esters is 1. The summed E-state index contributed by atoms with van der Waals surface area (Å²) in [5, 5.41) is 5.59. The van der Waals surface area contributed by atoms with Gasteiger partial charge in [-0.1, -0.05) is 55.3 Å². The molecule has 0 saturated carbocycles. The van der Waals surface area contributed by atoms with Crippen molar-refractivity contribution in [2.75, 3.05) is 46.2 Å². The van der Waals surface area contributed by atoms with Crippen molar-refractivity contribution in [1.29, 1.82) is 0 Å². The van der Waals surface area contributed by atoms with Crippen molar-refractivity contribution in [2.45, 2.75) is 81.7 Å². The smallest absolute Gasteiger partial charge is 0.315 e. The summed E-state index contributed by atoms with van der Waals surface area (Å²) in [4.78, 5) is 38.2. The SMILES string of the molecule is C.C=P(C)(OCC(CCNC(=O)C(C)C)COC(=O)CC(=O)NCC(C)C)OCN(CC(C)C)C(C)C. The summed E-state index contributed by atoms with van der Waals surface area (Å²) < 4.78 is 17.5. The molecule has 2 N–H and O–H groups in total. The molecule has 0 spiro atoms. The van der Waals surface area contributed by atoms with E-state index in [0.29, 0.717) is 44.1 Å². The van der Waals surface area contributed by atoms with Gasteiger partial charge >= 0.3 is 5.97 Å². The topological polar surface area (TPSA) is 106 Å². The van der Waals surface area contributed by atoms with Gasteiger partial charge in [0.2, 0.25) is 11.8 Å². The van der Waals surface area contributed by atoms with Crippen LogP contribution in [-0.4, -0.2) is 81.3 Å². The van der Waals surface area contributed by atoms with E-state index in [1.807, 2.05) is 34.4 Å². The summed E-state index contributed by atoms with van der Waals surface area (Å²) in [6, 6.07) is 0.335. The molecule has 0 aliphatic carbocycles. The van der Waals surface area contributed by atoms with Crippen LogP contribution in [0.4, 0.5) is 0 Å². The van der Waals surface area contributed by atoms with Gasteiger partial charge in [-0.05, 0) is 32.1 Å². The highest BCUT2D eigenvalue weighted by molar-refractivity contribution is 7.63. The summed E-state index contributed by atoms with van der Waals surface area (Å²) in [5.74, 6) is -0.457. The fourth-order valence-electron chi connectivity index (χ4n) is 2.97. The Hall–Kier alpha value is -1.41. The Morgan fingerprint density at radius 2 is 1.54 bits per heavy atom. The van der Waals surface area contributed by atoms with Crippen molar-refractivity contribution in [1.82, 2.24) is 15.5 Å². The maximum atomic E-state index is 12.2. The Morgan fingerprint density at radius 1 is 0.919 bits per heavy atom. The van der Waals surface area contributed by atoms with Crippen LogP contribution in [0.15, 0.2) is 0 Å². The molecule has 2 amide bonds. The molecule has 220 valence electrons. The lowest BCUT2D eigenvalue weighted by Gasteiger charge is -2.31. The zero-order valence-electron chi connectivity index (χ0n) is 24.1. The van der Waals surface area contributed by atoms with Crippen LogP contribution in [0.25, 0.3) is 0 Å². The van der Waals surface area contributed by atoms with E-state index in [0.717, 1.165) is 6.54 Å². The molecule has 0 fully saturated rings. The first-order chi connectivity index (χ1) is 16.6. The van der Waals surface area contributed by atoms with Crippen molar-refractivity contribution in [3.05, 3.63) is 0 Å². The lowest BCUT2D eigenvalue weighted by molar-refractivity contribution is -0.148. The Morgan fingerprint density at radius 3 is 2.05 bits per heavy atom. The van der Waals surface area contributed by atoms with Crippen LogP contribution in [0.3, 0.4) is 0 Å². The van der Waals surface area contributed by atoms with Crippen LogP contribution in [0, 0.1) is 23.7 Å². The zero-order valence-corrected chi connectivity index (χ0v) is 25.0. The summed E-state index contributed by atoms with van der Waals surface area (Å²) in [6.07, 6.45) is 4.39. The van der Waals surface area contributed by atoms with E-state index < -0.39 is 13.3 Å². The van der Waals surface area contributed by atoms with E-state index in [2.05, 4.69) is 49.5 Å². The third-order valence-electron chi connectivity index (χ3n) is 5.28. The van der Waals surface area contributed by atoms with Crippen molar-refractivity contribution in [3.8, 4) is 0 Å². The molecule has 0 bridgehead atoms. The fraction of sp³-hybridized carbons (Fsp3) is 0.852. The molecule has 9 nitrogen and oxygen atoms in total. The van der Waals surface area contributed by atoms with Crippen molar-refractivity contribution in [2.24, 2.45) is 23.7 Å². The molecular weight excluding hydrogens is 493 g/mol. The molecule has 37 heavy (non-hydrogen) atoms. The first-order valence-corrected chi connectivity index (χ1v) is 15.3. The van der Waals surface area contributed by atoms with Crippen LogP contribution < -0.4 is 10.6 Å². The first kappa shape index (κ1) is 37.7. The van der Waals surface area contributed by atoms with Gasteiger partial charge < -0.3 is 24.4 Å². The van der Waals surface area contributed by atoms with E-state index in [-0.39, 0.29) is 50.7 Å². The van der Waals surface area contributed by atoms with Gasteiger partial charge in [0, 0.05) is 44.2 Å². The number of amides is 2. The summed E-state index contributed by atoms with van der Waals surface area (Å²) in [6.45, 7) is 20.7. The van der Waals surface area contributed by atoms with Crippen LogP contribution in [0.5, 0.6) is 0 Å². The predicted molar refractivity (Wildman–Crippen MR) is 155 cm³/mol. The Labute approximate surface area is 226 Å². The molecule has 0 aromatic heterocycles. The van der Waals surface area contributed by atoms with Gasteiger partial charge in [0.15, 0.2) is 0 Å².